The molecule has 1 amide bonds. The zero-order valence-corrected chi connectivity index (χ0v) is 17.9. The third-order valence-electron chi connectivity index (χ3n) is 5.21. The number of methoxy groups -OCH3 is 1. The number of hydrazone groups is 1. The molecule has 154 valence electrons. The summed E-state index contributed by atoms with van der Waals surface area (Å²) in [6, 6.07) is 14.2. The Kier molecular flexibility index (Phi) is 6.26. The molecule has 2 aromatic carbocycles. The molecule has 0 aromatic heterocycles. The molecule has 0 aliphatic heterocycles. The van der Waals surface area contributed by atoms with Crippen LogP contribution in [0.2, 0.25) is 0 Å². The molecule has 5 heteroatoms. The summed E-state index contributed by atoms with van der Waals surface area (Å²) in [6.07, 6.45) is 2.49. The van der Waals surface area contributed by atoms with Crippen LogP contribution in [0, 0.1) is 5.92 Å². The second kappa shape index (κ2) is 8.68. The van der Waals surface area contributed by atoms with Crippen LogP contribution in [0.25, 0.3) is 0 Å². The molecule has 0 bridgehead atoms. The SMILES string of the molecule is CCOc1cc(/C=N\NC(=O)[C@H]2C[C@H]2c2ccc(C(C)(C)C)cc2)ccc1OC. The van der Waals surface area contributed by atoms with Crippen molar-refractivity contribution in [3.63, 3.8) is 0 Å². The number of nitrogens with zero attached hydrogens (tertiary/aromatic N) is 1. The van der Waals surface area contributed by atoms with Crippen LogP contribution in [0.15, 0.2) is 47.6 Å². The highest BCUT2D eigenvalue weighted by Gasteiger charge is 2.44. The highest BCUT2D eigenvalue weighted by atomic mass is 16.5. The lowest BCUT2D eigenvalue weighted by molar-refractivity contribution is -0.122. The Morgan fingerprint density at radius 3 is 2.52 bits per heavy atom. The third-order valence-corrected chi connectivity index (χ3v) is 5.21. The van der Waals surface area contributed by atoms with Gasteiger partial charge in [-0.25, -0.2) is 5.43 Å². The summed E-state index contributed by atoms with van der Waals surface area (Å²) in [6.45, 7) is 9.07. The minimum atomic E-state index is -0.0373. The molecule has 1 N–H and O–H groups in total. The molecule has 1 aliphatic carbocycles. The number of ether oxygens (including phenoxy) is 2. The maximum atomic E-state index is 12.4. The standard InChI is InChI=1S/C24H30N2O3/c1-6-29-22-13-16(7-12-21(22)28-5)15-25-26-23(27)20-14-19(20)17-8-10-18(11-9-17)24(2,3)4/h7-13,15,19-20H,6,14H2,1-5H3,(H,26,27)/b25-15-/t19-,20-/m0/s1. The minimum absolute atomic E-state index is 0.0116. The van der Waals surface area contributed by atoms with Crippen molar-refractivity contribution in [3.05, 3.63) is 59.2 Å². The van der Waals surface area contributed by atoms with Gasteiger partial charge in [-0.15, -0.1) is 0 Å². The van der Waals surface area contributed by atoms with Crippen LogP contribution in [0.4, 0.5) is 0 Å². The quantitative estimate of drug-likeness (QED) is 0.549. The van der Waals surface area contributed by atoms with Gasteiger partial charge in [-0.05, 0) is 59.6 Å². The van der Waals surface area contributed by atoms with E-state index in [0.717, 1.165) is 12.0 Å². The van der Waals surface area contributed by atoms with Crippen molar-refractivity contribution in [1.82, 2.24) is 5.43 Å². The second-order valence-electron chi connectivity index (χ2n) is 8.40. The van der Waals surface area contributed by atoms with E-state index in [-0.39, 0.29) is 23.2 Å². The van der Waals surface area contributed by atoms with Gasteiger partial charge in [0.05, 0.1) is 19.9 Å². The molecular weight excluding hydrogens is 364 g/mol. The van der Waals surface area contributed by atoms with E-state index in [1.54, 1.807) is 13.3 Å². The number of benzene rings is 2. The Hall–Kier alpha value is -2.82. The highest BCUT2D eigenvalue weighted by molar-refractivity contribution is 5.86. The summed E-state index contributed by atoms with van der Waals surface area (Å²) in [5.74, 6) is 1.56. The number of rotatable bonds is 7. The largest absolute Gasteiger partial charge is 0.493 e. The fourth-order valence-corrected chi connectivity index (χ4v) is 3.38. The lowest BCUT2D eigenvalue weighted by atomic mass is 9.86. The second-order valence-corrected chi connectivity index (χ2v) is 8.40. The van der Waals surface area contributed by atoms with Crippen molar-refractivity contribution < 1.29 is 14.3 Å². The van der Waals surface area contributed by atoms with Crippen LogP contribution >= 0.6 is 0 Å². The average Bonchev–Trinajstić information content (AvgIpc) is 3.49. The third kappa shape index (κ3) is 5.17. The summed E-state index contributed by atoms with van der Waals surface area (Å²) in [5, 5.41) is 4.11. The number of hydrogen-bond acceptors (Lipinski definition) is 4. The van der Waals surface area contributed by atoms with Gasteiger partial charge in [0, 0.05) is 5.92 Å². The van der Waals surface area contributed by atoms with Crippen LogP contribution in [0.5, 0.6) is 11.5 Å². The first kappa shape index (κ1) is 20.9. The zero-order valence-electron chi connectivity index (χ0n) is 17.9. The van der Waals surface area contributed by atoms with Crippen LogP contribution in [0.1, 0.15) is 56.7 Å². The van der Waals surface area contributed by atoms with Gasteiger partial charge in [-0.2, -0.15) is 5.10 Å². The molecule has 2 aromatic rings. The molecular formula is C24H30N2O3. The fraction of sp³-hybridized carbons (Fsp3) is 0.417. The van der Waals surface area contributed by atoms with E-state index < -0.39 is 0 Å². The fourth-order valence-electron chi connectivity index (χ4n) is 3.38. The molecule has 1 saturated carbocycles. The number of hydrogen-bond donors (Lipinski definition) is 1. The van der Waals surface area contributed by atoms with Crippen molar-refractivity contribution in [3.8, 4) is 11.5 Å². The number of carbonyl (C=O) groups is 1. The molecule has 5 nitrogen and oxygen atoms in total. The van der Waals surface area contributed by atoms with E-state index in [0.29, 0.717) is 18.1 Å². The minimum Gasteiger partial charge on any atom is -0.493 e. The predicted molar refractivity (Wildman–Crippen MR) is 116 cm³/mol. The molecule has 0 unspecified atom stereocenters. The summed E-state index contributed by atoms with van der Waals surface area (Å²) in [4.78, 5) is 12.4. The Morgan fingerprint density at radius 2 is 1.90 bits per heavy atom. The van der Waals surface area contributed by atoms with E-state index >= 15 is 0 Å². The summed E-state index contributed by atoms with van der Waals surface area (Å²) in [5.41, 5.74) is 6.16. The van der Waals surface area contributed by atoms with E-state index in [2.05, 4.69) is 55.6 Å². The summed E-state index contributed by atoms with van der Waals surface area (Å²) >= 11 is 0. The van der Waals surface area contributed by atoms with Crippen molar-refractivity contribution in [2.24, 2.45) is 11.0 Å². The zero-order chi connectivity index (χ0) is 21.0. The first-order chi connectivity index (χ1) is 13.8. The van der Waals surface area contributed by atoms with Gasteiger partial charge < -0.3 is 9.47 Å². The Bertz CT molecular complexity index is 882. The van der Waals surface area contributed by atoms with E-state index in [9.17, 15) is 4.79 Å². The molecule has 2 atom stereocenters. The monoisotopic (exact) mass is 394 g/mol. The van der Waals surface area contributed by atoms with Gasteiger partial charge in [-0.1, -0.05) is 45.0 Å². The topological polar surface area (TPSA) is 59.9 Å². The number of amides is 1. The van der Waals surface area contributed by atoms with Crippen molar-refractivity contribution in [2.75, 3.05) is 13.7 Å². The van der Waals surface area contributed by atoms with Crippen molar-refractivity contribution >= 4 is 12.1 Å². The molecule has 29 heavy (non-hydrogen) atoms. The first-order valence-corrected chi connectivity index (χ1v) is 10.1. The molecule has 0 radical (unpaired) electrons. The van der Waals surface area contributed by atoms with Crippen LogP contribution in [0.3, 0.4) is 0 Å². The van der Waals surface area contributed by atoms with E-state index in [1.807, 2.05) is 25.1 Å². The van der Waals surface area contributed by atoms with Crippen molar-refractivity contribution in [1.29, 1.82) is 0 Å². The van der Waals surface area contributed by atoms with Gasteiger partial charge in [-0.3, -0.25) is 4.79 Å². The van der Waals surface area contributed by atoms with Crippen LogP contribution in [-0.4, -0.2) is 25.8 Å². The number of carbonyl (C=O) groups excluding carboxylic acids is 1. The molecule has 1 aliphatic rings. The maximum Gasteiger partial charge on any atom is 0.243 e. The van der Waals surface area contributed by atoms with Gasteiger partial charge in [0.15, 0.2) is 11.5 Å². The van der Waals surface area contributed by atoms with Crippen LogP contribution < -0.4 is 14.9 Å². The van der Waals surface area contributed by atoms with Gasteiger partial charge in [0.25, 0.3) is 0 Å². The van der Waals surface area contributed by atoms with E-state index in [1.165, 1.54) is 11.1 Å². The average molecular weight is 395 g/mol. The molecule has 1 fully saturated rings. The Balaban J connectivity index is 1.56. The van der Waals surface area contributed by atoms with Gasteiger partial charge >= 0.3 is 0 Å². The lowest BCUT2D eigenvalue weighted by Gasteiger charge is -2.19. The maximum absolute atomic E-state index is 12.4. The van der Waals surface area contributed by atoms with Gasteiger partial charge in [0.2, 0.25) is 5.91 Å². The first-order valence-electron chi connectivity index (χ1n) is 10.1. The summed E-state index contributed by atoms with van der Waals surface area (Å²) in [7, 11) is 1.61. The predicted octanol–water partition coefficient (Wildman–Crippen LogP) is 4.65. The van der Waals surface area contributed by atoms with Gasteiger partial charge in [0.1, 0.15) is 0 Å². The molecule has 3 rings (SSSR count). The van der Waals surface area contributed by atoms with Crippen LogP contribution in [-0.2, 0) is 10.2 Å². The number of nitrogens with one attached hydrogen (secondary N) is 1. The Labute approximate surface area is 173 Å². The normalized spacial score (nSPS) is 18.5. The van der Waals surface area contributed by atoms with E-state index in [4.69, 9.17) is 9.47 Å². The van der Waals surface area contributed by atoms with Crippen molar-refractivity contribution in [2.45, 2.75) is 45.4 Å². The highest BCUT2D eigenvalue weighted by Crippen LogP contribution is 2.47. The Morgan fingerprint density at radius 1 is 1.17 bits per heavy atom. The summed E-state index contributed by atoms with van der Waals surface area (Å²) < 4.78 is 10.8. The molecule has 0 spiro atoms. The molecule has 0 heterocycles. The lowest BCUT2D eigenvalue weighted by Crippen LogP contribution is -2.20. The molecule has 0 saturated heterocycles. The smallest absolute Gasteiger partial charge is 0.243 e.